The van der Waals surface area contributed by atoms with Crippen LogP contribution in [-0.2, 0) is 0 Å². The third-order valence-electron chi connectivity index (χ3n) is 3.61. The smallest absolute Gasteiger partial charge is 0.141 e. The summed E-state index contributed by atoms with van der Waals surface area (Å²) in [6, 6.07) is 3.68. The molecule has 100 valence electrons. The van der Waals surface area contributed by atoms with E-state index in [2.05, 4.69) is 21.7 Å². The number of hydrogen-bond donors (Lipinski definition) is 1. The van der Waals surface area contributed by atoms with Crippen molar-refractivity contribution in [2.24, 2.45) is 5.73 Å². The van der Waals surface area contributed by atoms with Gasteiger partial charge in [0.25, 0.3) is 0 Å². The minimum Gasteiger partial charge on any atom is -0.354 e. The molecule has 4 nitrogen and oxygen atoms in total. The van der Waals surface area contributed by atoms with E-state index in [0.29, 0.717) is 12.6 Å². The second-order valence-corrected chi connectivity index (χ2v) is 4.66. The van der Waals surface area contributed by atoms with Crippen LogP contribution in [0.1, 0.15) is 13.3 Å². The van der Waals surface area contributed by atoms with Gasteiger partial charge in [0.05, 0.1) is 6.20 Å². The van der Waals surface area contributed by atoms with E-state index in [1.54, 1.807) is 6.07 Å². The average molecular weight is 252 g/mol. The molecule has 0 spiro atoms. The van der Waals surface area contributed by atoms with Gasteiger partial charge in [-0.3, -0.25) is 4.90 Å². The van der Waals surface area contributed by atoms with Crippen molar-refractivity contribution in [1.82, 2.24) is 9.88 Å². The van der Waals surface area contributed by atoms with Crippen molar-refractivity contribution in [3.63, 3.8) is 0 Å². The molecule has 18 heavy (non-hydrogen) atoms. The molecule has 1 saturated heterocycles. The van der Waals surface area contributed by atoms with E-state index in [1.165, 1.54) is 12.3 Å². The molecule has 0 saturated carbocycles. The summed E-state index contributed by atoms with van der Waals surface area (Å²) in [6.07, 6.45) is 2.36. The molecule has 0 amide bonds. The number of nitrogens with two attached hydrogens (primary N) is 1. The maximum atomic E-state index is 12.8. The molecule has 1 aliphatic rings. The van der Waals surface area contributed by atoms with Crippen LogP contribution in [0.3, 0.4) is 0 Å². The Labute approximate surface area is 108 Å². The number of halogens is 1. The fourth-order valence-electron chi connectivity index (χ4n) is 2.45. The van der Waals surface area contributed by atoms with Gasteiger partial charge in [0.1, 0.15) is 11.6 Å². The predicted octanol–water partition coefficient (Wildman–Crippen LogP) is 1.08. The molecular weight excluding hydrogens is 231 g/mol. The van der Waals surface area contributed by atoms with Gasteiger partial charge in [0.15, 0.2) is 0 Å². The lowest BCUT2D eigenvalue weighted by molar-refractivity contribution is 0.184. The van der Waals surface area contributed by atoms with Crippen molar-refractivity contribution in [2.45, 2.75) is 19.4 Å². The normalized spacial score (nSPS) is 18.9. The summed E-state index contributed by atoms with van der Waals surface area (Å²) in [6.45, 7) is 6.73. The van der Waals surface area contributed by atoms with Gasteiger partial charge in [0.2, 0.25) is 0 Å². The summed E-state index contributed by atoms with van der Waals surface area (Å²) in [5.74, 6) is 0.573. The van der Waals surface area contributed by atoms with E-state index >= 15 is 0 Å². The lowest BCUT2D eigenvalue weighted by atomic mass is 10.1. The SMILES string of the molecule is CCC(CN)N1CCN(c2ccc(F)cn2)CC1. The molecule has 2 N–H and O–H groups in total. The highest BCUT2D eigenvalue weighted by molar-refractivity contribution is 5.38. The summed E-state index contributed by atoms with van der Waals surface area (Å²) < 4.78 is 12.8. The van der Waals surface area contributed by atoms with Crippen LogP contribution in [-0.4, -0.2) is 48.6 Å². The zero-order valence-electron chi connectivity index (χ0n) is 10.8. The van der Waals surface area contributed by atoms with Gasteiger partial charge >= 0.3 is 0 Å². The van der Waals surface area contributed by atoms with Gasteiger partial charge in [-0.2, -0.15) is 0 Å². The van der Waals surface area contributed by atoms with Gasteiger partial charge in [0, 0.05) is 38.8 Å². The van der Waals surface area contributed by atoms with Gasteiger partial charge in [-0.15, -0.1) is 0 Å². The number of piperazine rings is 1. The van der Waals surface area contributed by atoms with Crippen LogP contribution in [0.2, 0.25) is 0 Å². The highest BCUT2D eigenvalue weighted by Crippen LogP contribution is 2.15. The van der Waals surface area contributed by atoms with Gasteiger partial charge in [-0.25, -0.2) is 9.37 Å². The number of rotatable bonds is 4. The van der Waals surface area contributed by atoms with Gasteiger partial charge in [-0.05, 0) is 18.6 Å². The Morgan fingerprint density at radius 3 is 2.56 bits per heavy atom. The highest BCUT2D eigenvalue weighted by atomic mass is 19.1. The molecule has 0 aromatic carbocycles. The lowest BCUT2D eigenvalue weighted by Gasteiger charge is -2.39. The van der Waals surface area contributed by atoms with Gasteiger partial charge < -0.3 is 10.6 Å². The average Bonchev–Trinajstić information content (AvgIpc) is 2.42. The van der Waals surface area contributed by atoms with Crippen LogP contribution in [0, 0.1) is 5.82 Å². The summed E-state index contributed by atoms with van der Waals surface area (Å²) in [4.78, 5) is 8.74. The summed E-state index contributed by atoms with van der Waals surface area (Å²) in [7, 11) is 0. The summed E-state index contributed by atoms with van der Waals surface area (Å²) in [5.41, 5.74) is 5.77. The molecule has 2 rings (SSSR count). The first-order valence-corrected chi connectivity index (χ1v) is 6.55. The molecule has 1 unspecified atom stereocenters. The molecule has 1 aromatic rings. The zero-order chi connectivity index (χ0) is 13.0. The molecule has 1 fully saturated rings. The largest absolute Gasteiger partial charge is 0.354 e. The zero-order valence-corrected chi connectivity index (χ0v) is 10.8. The monoisotopic (exact) mass is 252 g/mol. The van der Waals surface area contributed by atoms with Crippen LogP contribution >= 0.6 is 0 Å². The van der Waals surface area contributed by atoms with Crippen molar-refractivity contribution < 1.29 is 4.39 Å². The number of pyridine rings is 1. The third kappa shape index (κ3) is 2.97. The second-order valence-electron chi connectivity index (χ2n) is 4.66. The first kappa shape index (κ1) is 13.2. The number of hydrogen-bond acceptors (Lipinski definition) is 4. The first-order valence-electron chi connectivity index (χ1n) is 6.55. The fraction of sp³-hybridized carbons (Fsp3) is 0.615. The van der Waals surface area contributed by atoms with Crippen LogP contribution in [0.4, 0.5) is 10.2 Å². The van der Waals surface area contributed by atoms with Crippen molar-refractivity contribution >= 4 is 5.82 Å². The summed E-state index contributed by atoms with van der Waals surface area (Å²) >= 11 is 0. The fourth-order valence-corrected chi connectivity index (χ4v) is 2.45. The molecule has 0 bridgehead atoms. The highest BCUT2D eigenvalue weighted by Gasteiger charge is 2.22. The Kier molecular flexibility index (Phi) is 4.49. The second kappa shape index (κ2) is 6.11. The van der Waals surface area contributed by atoms with Crippen molar-refractivity contribution in [3.8, 4) is 0 Å². The number of anilines is 1. The molecule has 1 atom stereocenters. The van der Waals surface area contributed by atoms with Crippen molar-refractivity contribution in [3.05, 3.63) is 24.1 Å². The number of aromatic nitrogens is 1. The van der Waals surface area contributed by atoms with Crippen LogP contribution < -0.4 is 10.6 Å². The number of nitrogens with zero attached hydrogens (tertiary/aromatic N) is 3. The third-order valence-corrected chi connectivity index (χ3v) is 3.61. The van der Waals surface area contributed by atoms with Crippen molar-refractivity contribution in [2.75, 3.05) is 37.6 Å². The Morgan fingerprint density at radius 2 is 2.06 bits per heavy atom. The first-order chi connectivity index (χ1) is 8.74. The van der Waals surface area contributed by atoms with E-state index in [4.69, 9.17) is 5.73 Å². The topological polar surface area (TPSA) is 45.4 Å². The molecule has 5 heteroatoms. The molecule has 0 aliphatic carbocycles. The van der Waals surface area contributed by atoms with E-state index in [0.717, 1.165) is 38.4 Å². The molecule has 0 radical (unpaired) electrons. The lowest BCUT2D eigenvalue weighted by Crippen LogP contribution is -2.52. The van der Waals surface area contributed by atoms with E-state index < -0.39 is 0 Å². The minimum atomic E-state index is -0.286. The van der Waals surface area contributed by atoms with Crippen LogP contribution in [0.5, 0.6) is 0 Å². The Morgan fingerprint density at radius 1 is 1.33 bits per heavy atom. The molecule has 2 heterocycles. The Bertz CT molecular complexity index is 356. The van der Waals surface area contributed by atoms with Gasteiger partial charge in [-0.1, -0.05) is 6.92 Å². The molecular formula is C13H21FN4. The standard InChI is InChI=1S/C13H21FN4/c1-2-12(9-15)17-5-7-18(8-6-17)13-4-3-11(14)10-16-13/h3-4,10,12H,2,5-9,15H2,1H3. The molecule has 1 aliphatic heterocycles. The van der Waals surface area contributed by atoms with E-state index in [9.17, 15) is 4.39 Å². The van der Waals surface area contributed by atoms with Crippen molar-refractivity contribution in [1.29, 1.82) is 0 Å². The Hall–Kier alpha value is -1.20. The van der Waals surface area contributed by atoms with E-state index in [1.807, 2.05) is 0 Å². The maximum absolute atomic E-state index is 12.8. The quantitative estimate of drug-likeness (QED) is 0.871. The maximum Gasteiger partial charge on any atom is 0.141 e. The predicted molar refractivity (Wildman–Crippen MR) is 71.1 cm³/mol. The Balaban J connectivity index is 1.92. The minimum absolute atomic E-state index is 0.286. The van der Waals surface area contributed by atoms with E-state index in [-0.39, 0.29) is 5.82 Å². The van der Waals surface area contributed by atoms with Crippen LogP contribution in [0.15, 0.2) is 18.3 Å². The summed E-state index contributed by atoms with van der Waals surface area (Å²) in [5, 5.41) is 0. The van der Waals surface area contributed by atoms with Crippen LogP contribution in [0.25, 0.3) is 0 Å². The molecule has 1 aromatic heterocycles.